The predicted octanol–water partition coefficient (Wildman–Crippen LogP) is 5.62. The van der Waals surface area contributed by atoms with Crippen molar-refractivity contribution in [2.75, 3.05) is 13.2 Å². The van der Waals surface area contributed by atoms with Gasteiger partial charge in [0.05, 0.1) is 0 Å². The Balaban J connectivity index is 3.89. The third-order valence-corrected chi connectivity index (χ3v) is 4.38. The van der Waals surface area contributed by atoms with E-state index >= 15 is 0 Å². The van der Waals surface area contributed by atoms with E-state index in [0.717, 1.165) is 6.42 Å². The summed E-state index contributed by atoms with van der Waals surface area (Å²) >= 11 is 7.15. The minimum absolute atomic E-state index is 0.0635. The Bertz CT molecular complexity index is 187. The van der Waals surface area contributed by atoms with Crippen LogP contribution in [0.2, 0.25) is 0 Å². The topological polar surface area (TPSA) is 18.5 Å². The SMILES string of the molecule is CCCCCCCCC(OCC)C(Br)(Br)OCC. The molecule has 4 heteroatoms. The molecule has 0 amide bonds. The largest absolute Gasteiger partial charge is 0.374 e. The summed E-state index contributed by atoms with van der Waals surface area (Å²) in [6.07, 6.45) is 8.91. The lowest BCUT2D eigenvalue weighted by atomic mass is 10.1. The molecule has 0 saturated carbocycles. The average molecular weight is 388 g/mol. The Morgan fingerprint density at radius 1 is 0.889 bits per heavy atom. The molecule has 0 aromatic rings. The molecule has 110 valence electrons. The molecule has 0 fully saturated rings. The number of alkyl halides is 2. The average Bonchev–Trinajstić information content (AvgIpc) is 2.32. The molecule has 0 aromatic carbocycles. The molecule has 0 N–H and O–H groups in total. The van der Waals surface area contributed by atoms with Crippen molar-refractivity contribution < 1.29 is 9.47 Å². The van der Waals surface area contributed by atoms with Crippen LogP contribution in [0.1, 0.15) is 65.7 Å². The van der Waals surface area contributed by atoms with E-state index in [4.69, 9.17) is 9.47 Å². The summed E-state index contributed by atoms with van der Waals surface area (Å²) in [5.74, 6) is 0. The minimum Gasteiger partial charge on any atom is -0.374 e. The molecule has 0 saturated heterocycles. The zero-order valence-electron chi connectivity index (χ0n) is 12.0. The highest BCUT2D eigenvalue weighted by molar-refractivity contribution is 9.25. The number of rotatable bonds is 12. The van der Waals surface area contributed by atoms with Crippen molar-refractivity contribution in [3.05, 3.63) is 0 Å². The molecule has 0 bridgehead atoms. The first kappa shape index (κ1) is 18.9. The van der Waals surface area contributed by atoms with Gasteiger partial charge in [0.25, 0.3) is 0 Å². The molecule has 0 radical (unpaired) electrons. The smallest absolute Gasteiger partial charge is 0.203 e. The Morgan fingerprint density at radius 3 is 2.06 bits per heavy atom. The van der Waals surface area contributed by atoms with E-state index < -0.39 is 3.42 Å². The van der Waals surface area contributed by atoms with E-state index in [1.54, 1.807) is 0 Å². The van der Waals surface area contributed by atoms with Gasteiger partial charge in [0.15, 0.2) is 0 Å². The van der Waals surface area contributed by atoms with Crippen LogP contribution in [0.5, 0.6) is 0 Å². The first-order valence-electron chi connectivity index (χ1n) is 7.21. The summed E-state index contributed by atoms with van der Waals surface area (Å²) in [7, 11) is 0. The fraction of sp³-hybridized carbons (Fsp3) is 1.00. The molecular formula is C14H28Br2O2. The number of halogens is 2. The third-order valence-electron chi connectivity index (χ3n) is 2.90. The molecule has 0 aliphatic heterocycles. The summed E-state index contributed by atoms with van der Waals surface area (Å²) in [5, 5.41) is 0. The van der Waals surface area contributed by atoms with Gasteiger partial charge in [-0.25, -0.2) is 0 Å². The van der Waals surface area contributed by atoms with Gasteiger partial charge < -0.3 is 9.47 Å². The normalized spacial score (nSPS) is 13.8. The van der Waals surface area contributed by atoms with Crippen LogP contribution in [0.3, 0.4) is 0 Å². The Kier molecular flexibility index (Phi) is 12.3. The lowest BCUT2D eigenvalue weighted by Crippen LogP contribution is -2.35. The number of unbranched alkanes of at least 4 members (excludes halogenated alkanes) is 5. The summed E-state index contributed by atoms with van der Waals surface area (Å²) in [4.78, 5) is 0. The zero-order chi connectivity index (χ0) is 13.9. The van der Waals surface area contributed by atoms with Crippen LogP contribution in [-0.4, -0.2) is 22.7 Å². The molecule has 0 aliphatic rings. The molecular weight excluding hydrogens is 360 g/mol. The lowest BCUT2D eigenvalue weighted by Gasteiger charge is -2.30. The Morgan fingerprint density at radius 2 is 1.50 bits per heavy atom. The van der Waals surface area contributed by atoms with E-state index in [1.165, 1.54) is 38.5 Å². The Labute approximate surface area is 129 Å². The number of hydrogen-bond donors (Lipinski definition) is 0. The molecule has 0 aliphatic carbocycles. The van der Waals surface area contributed by atoms with E-state index in [9.17, 15) is 0 Å². The van der Waals surface area contributed by atoms with Crippen molar-refractivity contribution in [2.45, 2.75) is 75.2 Å². The highest BCUT2D eigenvalue weighted by Gasteiger charge is 2.34. The maximum absolute atomic E-state index is 5.77. The standard InChI is InChI=1S/C14H28Br2O2/c1-4-7-8-9-10-11-12-13(17-5-2)14(15,16)18-6-3/h13H,4-12H2,1-3H3. The summed E-state index contributed by atoms with van der Waals surface area (Å²) in [6, 6.07) is 0. The van der Waals surface area contributed by atoms with Crippen molar-refractivity contribution >= 4 is 31.9 Å². The summed E-state index contributed by atoms with van der Waals surface area (Å²) in [5.41, 5.74) is 0. The van der Waals surface area contributed by atoms with E-state index in [-0.39, 0.29) is 6.10 Å². The predicted molar refractivity (Wildman–Crippen MR) is 85.6 cm³/mol. The van der Waals surface area contributed by atoms with Gasteiger partial charge in [-0.05, 0) is 52.1 Å². The highest BCUT2D eigenvalue weighted by Crippen LogP contribution is 2.36. The molecule has 1 atom stereocenters. The number of hydrogen-bond acceptors (Lipinski definition) is 2. The first-order valence-corrected chi connectivity index (χ1v) is 8.80. The van der Waals surface area contributed by atoms with Gasteiger partial charge in [-0.2, -0.15) is 0 Å². The molecule has 0 rings (SSSR count). The lowest BCUT2D eigenvalue weighted by molar-refractivity contribution is -0.0403. The summed E-state index contributed by atoms with van der Waals surface area (Å²) < 4.78 is 10.9. The van der Waals surface area contributed by atoms with Crippen molar-refractivity contribution in [2.24, 2.45) is 0 Å². The minimum atomic E-state index is -0.534. The Hall–Kier alpha value is 0.880. The fourth-order valence-electron chi connectivity index (χ4n) is 1.95. The third kappa shape index (κ3) is 8.89. The van der Waals surface area contributed by atoms with Gasteiger partial charge in [0.2, 0.25) is 3.42 Å². The van der Waals surface area contributed by atoms with Crippen LogP contribution in [0, 0.1) is 0 Å². The quantitative estimate of drug-likeness (QED) is 0.319. The molecule has 0 spiro atoms. The van der Waals surface area contributed by atoms with Gasteiger partial charge in [0, 0.05) is 13.2 Å². The van der Waals surface area contributed by atoms with Crippen LogP contribution in [0.25, 0.3) is 0 Å². The second-order valence-electron chi connectivity index (χ2n) is 4.50. The molecule has 0 aromatic heterocycles. The zero-order valence-corrected chi connectivity index (χ0v) is 15.2. The summed E-state index contributed by atoms with van der Waals surface area (Å²) in [6.45, 7) is 7.64. The van der Waals surface area contributed by atoms with Gasteiger partial charge in [-0.1, -0.05) is 45.4 Å². The van der Waals surface area contributed by atoms with Gasteiger partial charge >= 0.3 is 0 Å². The molecule has 0 heterocycles. The van der Waals surface area contributed by atoms with Crippen molar-refractivity contribution in [1.29, 1.82) is 0 Å². The molecule has 2 nitrogen and oxygen atoms in total. The maximum atomic E-state index is 5.77. The van der Waals surface area contributed by atoms with E-state index in [1.807, 2.05) is 13.8 Å². The second-order valence-corrected chi connectivity index (χ2v) is 7.92. The van der Waals surface area contributed by atoms with Gasteiger partial charge in [-0.15, -0.1) is 0 Å². The van der Waals surface area contributed by atoms with Crippen LogP contribution >= 0.6 is 31.9 Å². The van der Waals surface area contributed by atoms with Crippen LogP contribution in [0.15, 0.2) is 0 Å². The highest BCUT2D eigenvalue weighted by atomic mass is 79.9. The molecule has 18 heavy (non-hydrogen) atoms. The van der Waals surface area contributed by atoms with Gasteiger partial charge in [-0.3, -0.25) is 0 Å². The van der Waals surface area contributed by atoms with Crippen LogP contribution < -0.4 is 0 Å². The van der Waals surface area contributed by atoms with Crippen LogP contribution in [0.4, 0.5) is 0 Å². The second kappa shape index (κ2) is 11.7. The fourth-order valence-corrected chi connectivity index (χ4v) is 3.13. The molecule has 1 unspecified atom stereocenters. The van der Waals surface area contributed by atoms with Crippen molar-refractivity contribution in [3.8, 4) is 0 Å². The first-order chi connectivity index (χ1) is 8.58. The van der Waals surface area contributed by atoms with Crippen molar-refractivity contribution in [3.63, 3.8) is 0 Å². The maximum Gasteiger partial charge on any atom is 0.203 e. The van der Waals surface area contributed by atoms with Crippen molar-refractivity contribution in [1.82, 2.24) is 0 Å². The number of ether oxygens (including phenoxy) is 2. The van der Waals surface area contributed by atoms with E-state index in [0.29, 0.717) is 13.2 Å². The van der Waals surface area contributed by atoms with Gasteiger partial charge in [0.1, 0.15) is 6.10 Å². The van der Waals surface area contributed by atoms with Crippen LogP contribution in [-0.2, 0) is 9.47 Å². The van der Waals surface area contributed by atoms with E-state index in [2.05, 4.69) is 38.8 Å². The monoisotopic (exact) mass is 386 g/mol.